The zero-order chi connectivity index (χ0) is 46.7. The van der Waals surface area contributed by atoms with Gasteiger partial charge in [-0.2, -0.15) is 0 Å². The number of aliphatic hydroxyl groups is 2. The third-order valence-electron chi connectivity index (χ3n) is 15.2. The van der Waals surface area contributed by atoms with Crippen LogP contribution in [-0.4, -0.2) is 44.6 Å². The molecule has 0 bridgehead atoms. The van der Waals surface area contributed by atoms with Crippen LogP contribution in [0.25, 0.3) is 11.1 Å². The summed E-state index contributed by atoms with van der Waals surface area (Å²) in [6.07, 6.45) is 43.1. The van der Waals surface area contributed by atoms with Crippen LogP contribution in [0.4, 0.5) is 5.69 Å². The number of aliphatic hydroxyl groups excluding tert-OH is 2. The highest BCUT2D eigenvalue weighted by Crippen LogP contribution is 2.54. The van der Waals surface area contributed by atoms with Gasteiger partial charge in [-0.3, -0.25) is 14.3 Å². The van der Waals surface area contributed by atoms with Crippen LogP contribution in [0, 0.1) is 0 Å². The van der Waals surface area contributed by atoms with Crippen LogP contribution < -0.4 is 16.6 Å². The molecule has 2 aromatic carbocycles. The quantitative estimate of drug-likeness (QED) is 0.0426. The van der Waals surface area contributed by atoms with Crippen LogP contribution in [0.3, 0.4) is 0 Å². The first-order chi connectivity index (χ1) is 32.4. The number of hydrogen-bond acceptors (Lipinski definition) is 6. The Hall–Kier alpha value is -3.20. The van der Waals surface area contributed by atoms with Crippen LogP contribution in [0.5, 0.6) is 0 Å². The predicted molar refractivity (Wildman–Crippen MR) is 277 cm³/mol. The molecule has 370 valence electrons. The number of hydrogen-bond donors (Lipinski definition) is 4. The normalized spacial score (nSPS) is 18.5. The molecule has 1 saturated heterocycles. The van der Waals surface area contributed by atoms with Gasteiger partial charge in [0, 0.05) is 29.9 Å². The van der Waals surface area contributed by atoms with Gasteiger partial charge in [-0.15, -0.1) is 0 Å². The van der Waals surface area contributed by atoms with Gasteiger partial charge in [-0.05, 0) is 47.2 Å². The number of rotatable bonds is 38. The summed E-state index contributed by atoms with van der Waals surface area (Å²) in [4.78, 5) is 26.4. The fraction of sp³-hybridized carbons (Fsp3) is 0.724. The molecule has 8 nitrogen and oxygen atoms in total. The van der Waals surface area contributed by atoms with Gasteiger partial charge >= 0.3 is 5.69 Å². The zero-order valence-corrected chi connectivity index (χ0v) is 41.8. The van der Waals surface area contributed by atoms with Crippen molar-refractivity contribution < 1.29 is 14.9 Å². The van der Waals surface area contributed by atoms with E-state index >= 15 is 0 Å². The number of anilines is 1. The Morgan fingerprint density at radius 3 is 1.45 bits per heavy atom. The average molecular weight is 912 g/mol. The Bertz CT molecular complexity index is 1840. The number of aromatic nitrogens is 2. The van der Waals surface area contributed by atoms with Crippen LogP contribution in [-0.2, 0) is 10.2 Å². The van der Waals surface area contributed by atoms with Crippen molar-refractivity contribution in [3.63, 3.8) is 0 Å². The summed E-state index contributed by atoms with van der Waals surface area (Å²) in [5.41, 5.74) is 5.27. The molecule has 1 aromatic heterocycles. The first kappa shape index (κ1) is 53.8. The summed E-state index contributed by atoms with van der Waals surface area (Å²) in [6.45, 7) is 4.84. The van der Waals surface area contributed by atoms with Crippen molar-refractivity contribution in [2.75, 3.05) is 11.9 Å². The third-order valence-corrected chi connectivity index (χ3v) is 15.2. The van der Waals surface area contributed by atoms with Crippen molar-refractivity contribution in [1.29, 1.82) is 0 Å². The van der Waals surface area contributed by atoms with Gasteiger partial charge < -0.3 is 20.3 Å². The number of nitrogens with one attached hydrogen (secondary N) is 2. The number of nitrogens with zero attached hydrogens (tertiary/aromatic N) is 1. The smallest absolute Gasteiger partial charge is 0.330 e. The van der Waals surface area contributed by atoms with Crippen LogP contribution in [0.1, 0.15) is 250 Å². The van der Waals surface area contributed by atoms with Gasteiger partial charge in [-0.1, -0.05) is 250 Å². The fourth-order valence-electron chi connectivity index (χ4n) is 11.2. The lowest BCUT2D eigenvalue weighted by molar-refractivity contribution is -0.0363. The van der Waals surface area contributed by atoms with Crippen molar-refractivity contribution in [3.8, 4) is 11.1 Å². The number of benzene rings is 2. The van der Waals surface area contributed by atoms with E-state index in [0.717, 1.165) is 23.1 Å². The highest BCUT2D eigenvalue weighted by Gasteiger charge is 2.45. The highest BCUT2D eigenvalue weighted by molar-refractivity contribution is 5.82. The van der Waals surface area contributed by atoms with Crippen LogP contribution >= 0.6 is 0 Å². The Morgan fingerprint density at radius 2 is 0.985 bits per heavy atom. The summed E-state index contributed by atoms with van der Waals surface area (Å²) in [7, 11) is 0. The molecule has 4 N–H and O–H groups in total. The van der Waals surface area contributed by atoms with E-state index in [1.165, 1.54) is 240 Å². The summed E-state index contributed by atoms with van der Waals surface area (Å²) in [5.74, 6) is 0. The predicted octanol–water partition coefficient (Wildman–Crippen LogP) is 14.8. The maximum atomic E-state index is 12.5. The standard InChI is InChI=1S/C58H93N3O5/c1-3-5-7-9-11-13-15-17-19-21-23-25-27-29-31-35-42-58(43-36-32-30-28-26-24-22-20-18-16-14-12-10-8-6-4-2)50-38-34-33-37-48(50)49-40-39-47(45-51(49)58)59-46-52-54(63)55(64)56(66-52)61-44-41-53(62)60-57(61)65/h33-34,37-41,44-45,52,54-56,59,63-64H,3-32,35-36,42-43,46H2,1-2H3,(H,60,62,65)/t52-,54-,55-,56-/m1/s1. The van der Waals surface area contributed by atoms with Gasteiger partial charge in [0.25, 0.3) is 5.56 Å². The Balaban J connectivity index is 1.13. The monoisotopic (exact) mass is 912 g/mol. The first-order valence-electron chi connectivity index (χ1n) is 27.7. The maximum Gasteiger partial charge on any atom is 0.330 e. The number of fused-ring (bicyclic) bond motifs is 3. The molecular weight excluding hydrogens is 819 g/mol. The van der Waals surface area contributed by atoms with Crippen LogP contribution in [0.2, 0.25) is 0 Å². The summed E-state index contributed by atoms with van der Waals surface area (Å²) < 4.78 is 7.19. The molecule has 1 aliphatic heterocycles. The van der Waals surface area contributed by atoms with Crippen molar-refractivity contribution in [2.45, 2.75) is 262 Å². The maximum absolute atomic E-state index is 12.5. The van der Waals surface area contributed by atoms with Crippen molar-refractivity contribution >= 4 is 5.69 Å². The topological polar surface area (TPSA) is 117 Å². The van der Waals surface area contributed by atoms with Gasteiger partial charge in [-0.25, -0.2) is 4.79 Å². The lowest BCUT2D eigenvalue weighted by Crippen LogP contribution is -2.38. The van der Waals surface area contributed by atoms with Crippen molar-refractivity contribution in [2.24, 2.45) is 0 Å². The SMILES string of the molecule is CCCCCCCCCCCCCCCCCCC1(CCCCCCCCCCCCCCCCCC)c2ccccc2-c2ccc(NC[C@H]3O[C@@H](n4ccc(=O)[nH]c4=O)[C@H](O)[C@@H]3O)cc21. The number of unbranched alkanes of at least 4 members (excludes halogenated alkanes) is 30. The molecule has 0 amide bonds. The Morgan fingerprint density at radius 1 is 0.545 bits per heavy atom. The van der Waals surface area contributed by atoms with E-state index < -0.39 is 35.8 Å². The van der Waals surface area contributed by atoms with E-state index in [9.17, 15) is 19.8 Å². The molecule has 2 aliphatic rings. The average Bonchev–Trinajstić information content (AvgIpc) is 3.76. The molecule has 4 atom stereocenters. The molecule has 3 aromatic rings. The minimum absolute atomic E-state index is 0.0499. The molecule has 5 rings (SSSR count). The number of H-pyrrole nitrogens is 1. The van der Waals surface area contributed by atoms with E-state index in [-0.39, 0.29) is 12.0 Å². The van der Waals surface area contributed by atoms with Crippen LogP contribution in [0.15, 0.2) is 64.3 Å². The molecule has 8 heteroatoms. The van der Waals surface area contributed by atoms with Gasteiger partial charge in [0.1, 0.15) is 18.3 Å². The molecule has 66 heavy (non-hydrogen) atoms. The molecule has 0 radical (unpaired) electrons. The second-order valence-corrected chi connectivity index (χ2v) is 20.4. The van der Waals surface area contributed by atoms with E-state index in [4.69, 9.17) is 4.74 Å². The second kappa shape index (κ2) is 31.0. The van der Waals surface area contributed by atoms with E-state index in [1.807, 2.05) is 0 Å². The van der Waals surface area contributed by atoms with Gasteiger partial charge in [0.15, 0.2) is 6.23 Å². The first-order valence-corrected chi connectivity index (χ1v) is 27.7. The molecule has 1 fully saturated rings. The van der Waals surface area contributed by atoms with E-state index in [2.05, 4.69) is 66.6 Å². The third kappa shape index (κ3) is 17.1. The van der Waals surface area contributed by atoms with E-state index in [0.29, 0.717) is 0 Å². The Kier molecular flexibility index (Phi) is 25.3. The molecule has 0 saturated carbocycles. The van der Waals surface area contributed by atoms with Gasteiger partial charge in [0.2, 0.25) is 0 Å². The molecule has 0 spiro atoms. The number of aromatic amines is 1. The molecule has 0 unspecified atom stereocenters. The lowest BCUT2D eigenvalue weighted by Gasteiger charge is -2.33. The van der Waals surface area contributed by atoms with Gasteiger partial charge in [0.05, 0.1) is 0 Å². The van der Waals surface area contributed by atoms with Crippen molar-refractivity contribution in [1.82, 2.24) is 9.55 Å². The molecule has 2 heterocycles. The summed E-state index contributed by atoms with van der Waals surface area (Å²) in [6, 6.07) is 17.1. The zero-order valence-electron chi connectivity index (χ0n) is 41.8. The minimum atomic E-state index is -1.32. The summed E-state index contributed by atoms with van der Waals surface area (Å²) in [5, 5.41) is 25.4. The van der Waals surface area contributed by atoms with E-state index in [1.54, 1.807) is 0 Å². The largest absolute Gasteiger partial charge is 0.387 e. The molecular formula is C58H93N3O5. The Labute approximate surface area is 400 Å². The fourth-order valence-corrected chi connectivity index (χ4v) is 11.2. The molecule has 1 aliphatic carbocycles. The lowest BCUT2D eigenvalue weighted by atomic mass is 9.70. The second-order valence-electron chi connectivity index (χ2n) is 20.4. The highest BCUT2D eigenvalue weighted by atomic mass is 16.6. The minimum Gasteiger partial charge on any atom is -0.387 e. The van der Waals surface area contributed by atoms with Crippen molar-refractivity contribution in [3.05, 3.63) is 86.7 Å². The number of ether oxygens (including phenoxy) is 1. The summed E-state index contributed by atoms with van der Waals surface area (Å²) >= 11 is 0.